The fourth-order valence-electron chi connectivity index (χ4n) is 12.0. The molecule has 0 bridgehead atoms. The van der Waals surface area contributed by atoms with E-state index in [-0.39, 0.29) is 38.9 Å². The molecule has 0 amide bonds. The third-order valence-electron chi connectivity index (χ3n) is 14.3. The lowest BCUT2D eigenvalue weighted by Crippen LogP contribution is -2.65. The van der Waals surface area contributed by atoms with E-state index < -0.39 is 11.4 Å². The van der Waals surface area contributed by atoms with Crippen LogP contribution in [0, 0.1) is 44.8 Å². The quantitative estimate of drug-likeness (QED) is 0.364. The minimum absolute atomic E-state index is 0.00710. The molecular formula is C37H49N3O3. The Kier molecular flexibility index (Phi) is 6.01. The zero-order valence-electron chi connectivity index (χ0n) is 27.2. The van der Waals surface area contributed by atoms with Gasteiger partial charge in [-0.1, -0.05) is 60.1 Å². The fourth-order valence-corrected chi connectivity index (χ4v) is 12.0. The first kappa shape index (κ1) is 29.0. The van der Waals surface area contributed by atoms with Gasteiger partial charge in [-0.3, -0.25) is 14.6 Å². The number of carbonyl (C=O) groups is 2. The van der Waals surface area contributed by atoms with Gasteiger partial charge < -0.3 is 5.11 Å². The van der Waals surface area contributed by atoms with E-state index in [1.165, 1.54) is 11.1 Å². The SMILES string of the molecule is CC1(C)CC[C@]2(C(=O)O)CC[C@]3(C)C(=CC[C@@H]4[C@@]5(C)Cc6cnn(C(=O)c7ccncc7)c6C(C)(C)[C@@H]5CC[C@]43C)[C@@H]2C1. The van der Waals surface area contributed by atoms with Gasteiger partial charge >= 0.3 is 5.97 Å². The minimum Gasteiger partial charge on any atom is -0.481 e. The van der Waals surface area contributed by atoms with Crippen LogP contribution in [-0.4, -0.2) is 31.7 Å². The van der Waals surface area contributed by atoms with Crippen molar-refractivity contribution in [1.82, 2.24) is 14.8 Å². The molecular weight excluding hydrogens is 534 g/mol. The number of pyridine rings is 1. The first-order valence-electron chi connectivity index (χ1n) is 16.6. The average molecular weight is 584 g/mol. The van der Waals surface area contributed by atoms with Gasteiger partial charge in [-0.05, 0) is 115 Å². The Labute approximate surface area is 256 Å². The van der Waals surface area contributed by atoms with E-state index in [0.29, 0.717) is 17.4 Å². The molecule has 6 heteroatoms. The topological polar surface area (TPSA) is 85.1 Å². The molecule has 5 aliphatic rings. The van der Waals surface area contributed by atoms with Crippen molar-refractivity contribution in [2.24, 2.45) is 44.8 Å². The molecule has 6 nitrogen and oxygen atoms in total. The van der Waals surface area contributed by atoms with Crippen LogP contribution in [0.1, 0.15) is 121 Å². The summed E-state index contributed by atoms with van der Waals surface area (Å²) in [5.74, 6) is 0.368. The molecule has 230 valence electrons. The van der Waals surface area contributed by atoms with Crippen molar-refractivity contribution in [1.29, 1.82) is 0 Å². The highest BCUT2D eigenvalue weighted by Crippen LogP contribution is 2.75. The van der Waals surface area contributed by atoms with Gasteiger partial charge in [-0.25, -0.2) is 0 Å². The van der Waals surface area contributed by atoms with Crippen LogP contribution in [0.5, 0.6) is 0 Å². The number of aromatic nitrogens is 3. The normalized spacial score (nSPS) is 40.5. The summed E-state index contributed by atoms with van der Waals surface area (Å²) in [6, 6.07) is 3.54. The van der Waals surface area contributed by atoms with Crippen LogP contribution in [-0.2, 0) is 16.6 Å². The zero-order chi connectivity index (χ0) is 30.8. The highest BCUT2D eigenvalue weighted by atomic mass is 16.4. The maximum Gasteiger partial charge on any atom is 0.310 e. The molecule has 0 saturated heterocycles. The number of aliphatic carboxylic acids is 1. The summed E-state index contributed by atoms with van der Waals surface area (Å²) in [5.41, 5.74) is 3.84. The van der Waals surface area contributed by atoms with Gasteiger partial charge in [0.15, 0.2) is 0 Å². The molecule has 43 heavy (non-hydrogen) atoms. The number of carboxylic acids is 1. The summed E-state index contributed by atoms with van der Waals surface area (Å²) in [7, 11) is 0. The van der Waals surface area contributed by atoms with Gasteiger partial charge in [0.2, 0.25) is 0 Å². The van der Waals surface area contributed by atoms with E-state index in [4.69, 9.17) is 5.10 Å². The number of allylic oxidation sites excluding steroid dienone is 2. The first-order valence-corrected chi connectivity index (χ1v) is 16.6. The lowest BCUT2D eigenvalue weighted by molar-refractivity contribution is -0.177. The van der Waals surface area contributed by atoms with Crippen LogP contribution < -0.4 is 0 Å². The maximum absolute atomic E-state index is 13.6. The van der Waals surface area contributed by atoms with Crippen LogP contribution >= 0.6 is 0 Å². The van der Waals surface area contributed by atoms with E-state index in [0.717, 1.165) is 63.5 Å². The Balaban J connectivity index is 1.30. The Morgan fingerprint density at radius 1 is 0.930 bits per heavy atom. The summed E-state index contributed by atoms with van der Waals surface area (Å²) < 4.78 is 1.68. The van der Waals surface area contributed by atoms with Crippen LogP contribution in [0.3, 0.4) is 0 Å². The minimum atomic E-state index is -0.608. The summed E-state index contributed by atoms with van der Waals surface area (Å²) in [6.45, 7) is 17.0. The molecule has 0 aromatic carbocycles. The molecule has 2 aromatic rings. The third-order valence-corrected chi connectivity index (χ3v) is 14.3. The molecule has 0 spiro atoms. The van der Waals surface area contributed by atoms with Gasteiger partial charge in [0.1, 0.15) is 0 Å². The van der Waals surface area contributed by atoms with Crippen LogP contribution in [0.15, 0.2) is 42.4 Å². The van der Waals surface area contributed by atoms with E-state index >= 15 is 0 Å². The van der Waals surface area contributed by atoms with E-state index in [1.54, 1.807) is 29.2 Å². The Hall–Kier alpha value is -2.76. The second-order valence-electron chi connectivity index (χ2n) is 17.0. The van der Waals surface area contributed by atoms with E-state index in [2.05, 4.69) is 59.5 Å². The molecule has 2 aromatic heterocycles. The summed E-state index contributed by atoms with van der Waals surface area (Å²) in [4.78, 5) is 30.7. The number of fused-ring (bicyclic) bond motifs is 8. The standard InChI is InChI=1S/C37H49N3O3/c1-32(2)14-16-37(31(42)43)17-15-35(6)25(26(37)21-32)8-9-28-34(5)20-24-22-39-40(30(41)23-11-18-38-19-12-23)29(24)33(3,4)27(34)10-13-36(28,35)7/h8,11-12,18-19,22,26-28H,9-10,13-17,20-21H2,1-7H3,(H,42,43)/t26-,27-,28+,34-,35+,36+,37-/m0/s1. The second kappa shape index (κ2) is 8.91. The molecule has 7 rings (SSSR count). The fraction of sp³-hybridized carbons (Fsp3) is 0.676. The smallest absolute Gasteiger partial charge is 0.310 e. The zero-order valence-corrected chi connectivity index (χ0v) is 27.2. The highest BCUT2D eigenvalue weighted by Gasteiger charge is 2.69. The van der Waals surface area contributed by atoms with Crippen molar-refractivity contribution in [3.8, 4) is 0 Å². The molecule has 3 fully saturated rings. The van der Waals surface area contributed by atoms with Crippen molar-refractivity contribution in [2.75, 3.05) is 0 Å². The van der Waals surface area contributed by atoms with Gasteiger partial charge in [-0.15, -0.1) is 0 Å². The molecule has 3 saturated carbocycles. The maximum atomic E-state index is 13.6. The second-order valence-corrected chi connectivity index (χ2v) is 17.0. The van der Waals surface area contributed by atoms with Crippen LogP contribution in [0.4, 0.5) is 0 Å². The molecule has 1 N–H and O–H groups in total. The van der Waals surface area contributed by atoms with Gasteiger partial charge in [-0.2, -0.15) is 9.78 Å². The number of nitrogens with zero attached hydrogens (tertiary/aromatic N) is 3. The van der Waals surface area contributed by atoms with Crippen molar-refractivity contribution < 1.29 is 14.7 Å². The number of rotatable bonds is 2. The highest BCUT2D eigenvalue weighted by molar-refractivity contribution is 5.96. The molecule has 0 aliphatic heterocycles. The summed E-state index contributed by atoms with van der Waals surface area (Å²) >= 11 is 0. The third kappa shape index (κ3) is 3.64. The number of carboxylic acid groups (broad SMARTS) is 1. The number of carbonyl (C=O) groups excluding carboxylic acids is 1. The van der Waals surface area contributed by atoms with Crippen molar-refractivity contribution in [2.45, 2.75) is 112 Å². The lowest BCUT2D eigenvalue weighted by Gasteiger charge is -2.70. The summed E-state index contributed by atoms with van der Waals surface area (Å²) in [6.07, 6.45) is 16.5. The average Bonchev–Trinajstić information content (AvgIpc) is 3.37. The molecule has 2 heterocycles. The van der Waals surface area contributed by atoms with E-state index in [1.807, 2.05) is 6.20 Å². The van der Waals surface area contributed by atoms with Gasteiger partial charge in [0.25, 0.3) is 5.91 Å². The Bertz CT molecular complexity index is 1540. The Morgan fingerprint density at radius 2 is 1.63 bits per heavy atom. The van der Waals surface area contributed by atoms with Crippen LogP contribution in [0.2, 0.25) is 0 Å². The van der Waals surface area contributed by atoms with E-state index in [9.17, 15) is 14.7 Å². The number of hydrogen-bond acceptors (Lipinski definition) is 4. The molecule has 0 radical (unpaired) electrons. The van der Waals surface area contributed by atoms with Gasteiger partial charge in [0.05, 0.1) is 17.3 Å². The van der Waals surface area contributed by atoms with Crippen molar-refractivity contribution >= 4 is 11.9 Å². The Morgan fingerprint density at radius 3 is 2.33 bits per heavy atom. The van der Waals surface area contributed by atoms with Crippen molar-refractivity contribution in [3.05, 3.63) is 59.2 Å². The molecule has 5 aliphatic carbocycles. The van der Waals surface area contributed by atoms with Gasteiger partial charge in [0, 0.05) is 23.4 Å². The van der Waals surface area contributed by atoms with Crippen molar-refractivity contribution in [3.63, 3.8) is 0 Å². The lowest BCUT2D eigenvalue weighted by atomic mass is 9.33. The predicted molar refractivity (Wildman–Crippen MR) is 167 cm³/mol. The largest absolute Gasteiger partial charge is 0.481 e. The first-order chi connectivity index (χ1) is 20.1. The summed E-state index contributed by atoms with van der Waals surface area (Å²) in [5, 5.41) is 15.4. The molecule has 7 atom stereocenters. The monoisotopic (exact) mass is 583 g/mol. The number of hydrogen-bond donors (Lipinski definition) is 1. The molecule has 0 unspecified atom stereocenters. The van der Waals surface area contributed by atoms with Crippen LogP contribution in [0.25, 0.3) is 0 Å². The predicted octanol–water partition coefficient (Wildman–Crippen LogP) is 7.87.